The Kier molecular flexibility index (Phi) is 7.94. The Labute approximate surface area is 143 Å². The largest absolute Gasteiger partial charge is 0.434 e. The first-order valence-corrected chi connectivity index (χ1v) is 10.3. The van der Waals surface area contributed by atoms with Gasteiger partial charge in [-0.15, -0.1) is 11.3 Å². The van der Waals surface area contributed by atoms with Crippen LogP contribution in [0, 0.1) is 0 Å². The number of halogens is 3. The number of guanidine groups is 1. The lowest BCUT2D eigenvalue weighted by Crippen LogP contribution is -2.38. The number of sulfone groups is 1. The summed E-state index contributed by atoms with van der Waals surface area (Å²) in [5.41, 5.74) is -0.871. The van der Waals surface area contributed by atoms with Crippen molar-refractivity contribution in [3.05, 3.63) is 16.1 Å². The number of hydrogen-bond acceptors (Lipinski definition) is 5. The molecule has 2 N–H and O–H groups in total. The van der Waals surface area contributed by atoms with Crippen molar-refractivity contribution >= 4 is 27.1 Å². The lowest BCUT2D eigenvalue weighted by molar-refractivity contribution is -0.140. The molecule has 0 amide bonds. The van der Waals surface area contributed by atoms with Gasteiger partial charge in [-0.3, -0.25) is 4.99 Å². The highest BCUT2D eigenvalue weighted by Gasteiger charge is 2.33. The van der Waals surface area contributed by atoms with Crippen molar-refractivity contribution in [1.29, 1.82) is 0 Å². The van der Waals surface area contributed by atoms with Gasteiger partial charge in [0.1, 0.15) is 9.84 Å². The monoisotopic (exact) mass is 386 g/mol. The van der Waals surface area contributed by atoms with Gasteiger partial charge in [0.05, 0.1) is 10.8 Å². The van der Waals surface area contributed by atoms with Crippen LogP contribution in [0.2, 0.25) is 0 Å². The van der Waals surface area contributed by atoms with E-state index in [-0.39, 0.29) is 5.75 Å². The quantitative estimate of drug-likeness (QED) is 0.404. The number of rotatable bonds is 8. The third-order valence-electron chi connectivity index (χ3n) is 2.76. The average molecular weight is 386 g/mol. The van der Waals surface area contributed by atoms with E-state index < -0.39 is 21.7 Å². The average Bonchev–Trinajstić information content (AvgIpc) is 2.91. The fourth-order valence-electron chi connectivity index (χ4n) is 1.70. The van der Waals surface area contributed by atoms with Crippen LogP contribution in [0.15, 0.2) is 10.4 Å². The van der Waals surface area contributed by atoms with E-state index in [1.165, 1.54) is 6.26 Å². The molecule has 24 heavy (non-hydrogen) atoms. The zero-order chi connectivity index (χ0) is 18.2. The van der Waals surface area contributed by atoms with Gasteiger partial charge < -0.3 is 10.6 Å². The van der Waals surface area contributed by atoms with E-state index in [1.807, 2.05) is 6.92 Å². The molecule has 0 bridgehead atoms. The predicted molar refractivity (Wildman–Crippen MR) is 89.1 cm³/mol. The number of aliphatic imine (C=N–C) groups is 1. The topological polar surface area (TPSA) is 83.5 Å². The van der Waals surface area contributed by atoms with Gasteiger partial charge in [0.2, 0.25) is 0 Å². The second-order valence-electron chi connectivity index (χ2n) is 5.05. The van der Waals surface area contributed by atoms with Gasteiger partial charge in [0, 0.05) is 37.7 Å². The van der Waals surface area contributed by atoms with Crippen LogP contribution in [0.25, 0.3) is 0 Å². The molecule has 0 aromatic carbocycles. The Hall–Kier alpha value is -1.36. The molecule has 0 saturated heterocycles. The summed E-state index contributed by atoms with van der Waals surface area (Å²) in [5, 5.41) is 7.37. The third kappa shape index (κ3) is 8.48. The van der Waals surface area contributed by atoms with Crippen LogP contribution >= 0.6 is 11.3 Å². The SMILES string of the molecule is CCNC(=NCCCS(C)(=O)=O)NCCc1nc(C(F)(F)F)cs1. The zero-order valence-corrected chi connectivity index (χ0v) is 15.1. The number of aromatic nitrogens is 1. The predicted octanol–water partition coefficient (Wildman–Crippen LogP) is 1.69. The Bertz CT molecular complexity index is 642. The van der Waals surface area contributed by atoms with Gasteiger partial charge in [0.15, 0.2) is 11.7 Å². The summed E-state index contributed by atoms with van der Waals surface area (Å²) in [5.74, 6) is 0.563. The zero-order valence-electron chi connectivity index (χ0n) is 13.5. The molecule has 1 heterocycles. The fourth-order valence-corrected chi connectivity index (χ4v) is 3.16. The minimum Gasteiger partial charge on any atom is -0.357 e. The van der Waals surface area contributed by atoms with Gasteiger partial charge in [-0.25, -0.2) is 13.4 Å². The summed E-state index contributed by atoms with van der Waals surface area (Å²) in [6.45, 7) is 3.22. The van der Waals surface area contributed by atoms with Crippen LogP contribution in [-0.4, -0.2) is 51.0 Å². The molecule has 1 rings (SSSR count). The van der Waals surface area contributed by atoms with Crippen molar-refractivity contribution in [3.8, 4) is 0 Å². The van der Waals surface area contributed by atoms with Gasteiger partial charge in [-0.2, -0.15) is 13.2 Å². The van der Waals surface area contributed by atoms with Crippen LogP contribution in [0.3, 0.4) is 0 Å². The van der Waals surface area contributed by atoms with Gasteiger partial charge >= 0.3 is 6.18 Å². The molecular weight excluding hydrogens is 365 g/mol. The normalized spacial score (nSPS) is 13.1. The van der Waals surface area contributed by atoms with Crippen LogP contribution in [0.1, 0.15) is 24.0 Å². The molecule has 0 aliphatic carbocycles. The number of alkyl halides is 3. The molecule has 0 atom stereocenters. The maximum Gasteiger partial charge on any atom is 0.434 e. The third-order valence-corrected chi connectivity index (χ3v) is 4.70. The Morgan fingerprint density at radius 3 is 2.62 bits per heavy atom. The van der Waals surface area contributed by atoms with Crippen molar-refractivity contribution in [2.75, 3.05) is 31.6 Å². The first-order chi connectivity index (χ1) is 11.1. The van der Waals surface area contributed by atoms with Crippen molar-refractivity contribution in [2.24, 2.45) is 4.99 Å². The molecule has 1 aromatic rings. The molecule has 11 heteroatoms. The molecular formula is C13H21F3N4O2S2. The van der Waals surface area contributed by atoms with Crippen LogP contribution in [0.5, 0.6) is 0 Å². The molecule has 0 unspecified atom stereocenters. The Morgan fingerprint density at radius 2 is 2.08 bits per heavy atom. The summed E-state index contributed by atoms with van der Waals surface area (Å²) >= 11 is 0.968. The highest BCUT2D eigenvalue weighted by atomic mass is 32.2. The number of nitrogens with zero attached hydrogens (tertiary/aromatic N) is 2. The maximum absolute atomic E-state index is 12.5. The van der Waals surface area contributed by atoms with E-state index in [2.05, 4.69) is 20.6 Å². The van der Waals surface area contributed by atoms with Crippen LogP contribution in [0.4, 0.5) is 13.2 Å². The second kappa shape index (κ2) is 9.21. The molecule has 0 radical (unpaired) electrons. The lowest BCUT2D eigenvalue weighted by Gasteiger charge is -2.10. The van der Waals surface area contributed by atoms with Crippen molar-refractivity contribution in [2.45, 2.75) is 25.9 Å². The van der Waals surface area contributed by atoms with E-state index in [0.717, 1.165) is 16.7 Å². The van der Waals surface area contributed by atoms with E-state index in [0.29, 0.717) is 43.4 Å². The van der Waals surface area contributed by atoms with Crippen molar-refractivity contribution in [3.63, 3.8) is 0 Å². The highest BCUT2D eigenvalue weighted by Crippen LogP contribution is 2.29. The molecule has 0 saturated carbocycles. The molecule has 0 aliphatic rings. The number of nitrogens with one attached hydrogen (secondary N) is 2. The molecule has 6 nitrogen and oxygen atoms in total. The van der Waals surface area contributed by atoms with Crippen LogP contribution < -0.4 is 10.6 Å². The fraction of sp³-hybridized carbons (Fsp3) is 0.692. The van der Waals surface area contributed by atoms with Gasteiger partial charge in [-0.1, -0.05) is 0 Å². The molecule has 0 spiro atoms. The van der Waals surface area contributed by atoms with Crippen LogP contribution in [-0.2, 0) is 22.4 Å². The highest BCUT2D eigenvalue weighted by molar-refractivity contribution is 7.90. The smallest absolute Gasteiger partial charge is 0.357 e. The Balaban J connectivity index is 2.44. The Morgan fingerprint density at radius 1 is 1.38 bits per heavy atom. The number of thiazole rings is 1. The standard InChI is InChI=1S/C13H21F3N4O2S2/c1-3-17-12(18-6-4-8-24(2,21)22)19-7-5-11-20-10(9-23-11)13(14,15)16/h9H,3-8H2,1-2H3,(H2,17,18,19). The lowest BCUT2D eigenvalue weighted by atomic mass is 10.4. The van der Waals surface area contributed by atoms with Crippen molar-refractivity contribution in [1.82, 2.24) is 15.6 Å². The summed E-state index contributed by atoms with van der Waals surface area (Å²) in [6, 6.07) is 0. The first-order valence-electron chi connectivity index (χ1n) is 7.33. The molecule has 0 fully saturated rings. The number of hydrogen-bond donors (Lipinski definition) is 2. The first kappa shape index (κ1) is 20.7. The van der Waals surface area contributed by atoms with E-state index in [1.54, 1.807) is 0 Å². The summed E-state index contributed by atoms with van der Waals surface area (Å²) in [6.07, 6.45) is -2.49. The van der Waals surface area contributed by atoms with Gasteiger partial charge in [0.25, 0.3) is 0 Å². The molecule has 138 valence electrons. The van der Waals surface area contributed by atoms with E-state index in [9.17, 15) is 21.6 Å². The van der Waals surface area contributed by atoms with E-state index in [4.69, 9.17) is 0 Å². The summed E-state index contributed by atoms with van der Waals surface area (Å²) in [7, 11) is -3.01. The molecule has 1 aromatic heterocycles. The van der Waals surface area contributed by atoms with E-state index >= 15 is 0 Å². The minimum atomic E-state index is -4.42. The van der Waals surface area contributed by atoms with Gasteiger partial charge in [-0.05, 0) is 13.3 Å². The summed E-state index contributed by atoms with van der Waals surface area (Å²) in [4.78, 5) is 7.78. The maximum atomic E-state index is 12.5. The molecule has 0 aliphatic heterocycles. The second-order valence-corrected chi connectivity index (χ2v) is 8.25. The minimum absolute atomic E-state index is 0.0647. The van der Waals surface area contributed by atoms with Crippen molar-refractivity contribution < 1.29 is 21.6 Å². The summed E-state index contributed by atoms with van der Waals surface area (Å²) < 4.78 is 59.5.